The van der Waals surface area contributed by atoms with Gasteiger partial charge in [0.05, 0.1) is 15.8 Å². The number of likely N-dealkylation sites (tertiary alicyclic amines) is 1. The van der Waals surface area contributed by atoms with Crippen LogP contribution in [0.4, 0.5) is 15.5 Å². The van der Waals surface area contributed by atoms with Crippen molar-refractivity contribution in [1.29, 1.82) is 0 Å². The summed E-state index contributed by atoms with van der Waals surface area (Å²) in [4.78, 5) is 26.5. The average molecular weight is 409 g/mol. The molecule has 0 radical (unpaired) electrons. The van der Waals surface area contributed by atoms with Gasteiger partial charge in [-0.05, 0) is 54.6 Å². The number of nitrogens with zero attached hydrogens (tertiary/aromatic N) is 1. The van der Waals surface area contributed by atoms with Crippen LogP contribution >= 0.6 is 11.3 Å². The lowest BCUT2D eigenvalue weighted by Gasteiger charge is -2.31. The minimum absolute atomic E-state index is 0.0189. The van der Waals surface area contributed by atoms with Crippen LogP contribution in [0.2, 0.25) is 0 Å². The molecule has 1 atom stereocenters. The van der Waals surface area contributed by atoms with E-state index in [1.54, 1.807) is 4.90 Å². The van der Waals surface area contributed by atoms with Gasteiger partial charge in [-0.2, -0.15) is 0 Å². The fraction of sp³-hybridized carbons (Fsp3) is 0.294. The molecule has 8 nitrogen and oxygen atoms in total. The largest absolute Gasteiger partial charge is 0.326 e. The van der Waals surface area contributed by atoms with Crippen molar-refractivity contribution in [3.8, 4) is 0 Å². The fourth-order valence-corrected chi connectivity index (χ4v) is 4.00. The van der Waals surface area contributed by atoms with Crippen LogP contribution < -0.4 is 15.8 Å². The number of nitrogens with two attached hydrogens (primary N) is 1. The predicted octanol–water partition coefficient (Wildman–Crippen LogP) is 2.28. The summed E-state index contributed by atoms with van der Waals surface area (Å²) in [6, 6.07) is 9.12. The molecule has 1 aliphatic heterocycles. The molecule has 27 heavy (non-hydrogen) atoms. The zero-order valence-corrected chi connectivity index (χ0v) is 16.1. The van der Waals surface area contributed by atoms with Crippen LogP contribution in [0.1, 0.15) is 12.8 Å². The van der Waals surface area contributed by atoms with E-state index in [1.807, 2.05) is 17.5 Å². The number of nitrogens with one attached hydrogen (secondary N) is 2. The van der Waals surface area contributed by atoms with Gasteiger partial charge in [-0.3, -0.25) is 10.1 Å². The second-order valence-corrected chi connectivity index (χ2v) is 8.76. The normalized spacial score (nSPS) is 17.4. The van der Waals surface area contributed by atoms with Crippen molar-refractivity contribution in [3.05, 3.63) is 41.8 Å². The number of piperidine rings is 1. The molecule has 1 aromatic heterocycles. The highest BCUT2D eigenvalue weighted by Crippen LogP contribution is 2.22. The van der Waals surface area contributed by atoms with Gasteiger partial charge in [0.25, 0.3) is 0 Å². The maximum Gasteiger partial charge on any atom is 0.322 e. The summed E-state index contributed by atoms with van der Waals surface area (Å²) in [5.41, 5.74) is 0.479. The van der Waals surface area contributed by atoms with Gasteiger partial charge in [0.2, 0.25) is 15.9 Å². The third-order valence-electron chi connectivity index (χ3n) is 4.28. The minimum Gasteiger partial charge on any atom is -0.326 e. The highest BCUT2D eigenvalue weighted by atomic mass is 32.2. The molecule has 1 aromatic carbocycles. The molecule has 1 unspecified atom stereocenters. The van der Waals surface area contributed by atoms with Gasteiger partial charge in [0.1, 0.15) is 0 Å². The summed E-state index contributed by atoms with van der Waals surface area (Å²) in [6.07, 6.45) is 1.42. The highest BCUT2D eigenvalue weighted by Gasteiger charge is 2.28. The number of primary sulfonamides is 1. The lowest BCUT2D eigenvalue weighted by atomic mass is 9.97. The van der Waals surface area contributed by atoms with Crippen LogP contribution in [0.25, 0.3) is 0 Å². The standard InChI is InChI=1S/C17H20N4O4S2/c18-27(24,25)14-7-5-13(6-8-14)19-16(22)12-3-1-9-21(11-12)17(23)20-15-4-2-10-26-15/h2,4-8,10,12H,1,3,9,11H2,(H,19,22)(H,20,23)(H2,18,24,25). The molecule has 1 fully saturated rings. The number of thiophene rings is 1. The highest BCUT2D eigenvalue weighted by molar-refractivity contribution is 7.89. The number of rotatable bonds is 4. The number of hydrogen-bond donors (Lipinski definition) is 3. The van der Waals surface area contributed by atoms with Gasteiger partial charge in [0, 0.05) is 18.8 Å². The van der Waals surface area contributed by atoms with Crippen molar-refractivity contribution in [3.63, 3.8) is 0 Å². The van der Waals surface area contributed by atoms with Crippen LogP contribution in [-0.4, -0.2) is 38.3 Å². The number of sulfonamides is 1. The van der Waals surface area contributed by atoms with Gasteiger partial charge < -0.3 is 10.2 Å². The Morgan fingerprint density at radius 2 is 1.89 bits per heavy atom. The maximum absolute atomic E-state index is 12.5. The second-order valence-electron chi connectivity index (χ2n) is 6.25. The number of hydrogen-bond acceptors (Lipinski definition) is 5. The molecule has 2 heterocycles. The van der Waals surface area contributed by atoms with Gasteiger partial charge >= 0.3 is 6.03 Å². The zero-order chi connectivity index (χ0) is 19.4. The Kier molecular flexibility index (Phi) is 5.78. The van der Waals surface area contributed by atoms with Crippen molar-refractivity contribution in [2.75, 3.05) is 23.7 Å². The average Bonchev–Trinajstić information content (AvgIpc) is 3.14. The number of urea groups is 1. The number of benzene rings is 1. The van der Waals surface area contributed by atoms with Crippen molar-refractivity contribution in [2.45, 2.75) is 17.7 Å². The predicted molar refractivity (Wildman–Crippen MR) is 104 cm³/mol. The van der Waals surface area contributed by atoms with E-state index in [9.17, 15) is 18.0 Å². The van der Waals surface area contributed by atoms with Gasteiger partial charge in [-0.1, -0.05) is 0 Å². The summed E-state index contributed by atoms with van der Waals surface area (Å²) >= 11 is 1.44. The maximum atomic E-state index is 12.5. The lowest BCUT2D eigenvalue weighted by molar-refractivity contribution is -0.121. The van der Waals surface area contributed by atoms with Crippen LogP contribution in [0.3, 0.4) is 0 Å². The van der Waals surface area contributed by atoms with Crippen LogP contribution in [-0.2, 0) is 14.8 Å². The Balaban J connectivity index is 1.58. The first-order valence-electron chi connectivity index (χ1n) is 8.36. The SMILES string of the molecule is NS(=O)(=O)c1ccc(NC(=O)C2CCCN(C(=O)Nc3cccs3)C2)cc1. The summed E-state index contributed by atoms with van der Waals surface area (Å²) in [6.45, 7) is 0.933. The van der Waals surface area contributed by atoms with E-state index in [4.69, 9.17) is 5.14 Å². The molecule has 0 bridgehead atoms. The van der Waals surface area contributed by atoms with Crippen LogP contribution in [0.15, 0.2) is 46.7 Å². The molecule has 2 aromatic rings. The van der Waals surface area contributed by atoms with E-state index in [2.05, 4.69) is 10.6 Å². The molecule has 0 spiro atoms. The Bertz CT molecular complexity index is 911. The Morgan fingerprint density at radius 1 is 1.15 bits per heavy atom. The third kappa shape index (κ3) is 5.06. The molecule has 1 aliphatic rings. The second kappa shape index (κ2) is 8.07. The van der Waals surface area contributed by atoms with Crippen LogP contribution in [0.5, 0.6) is 0 Å². The van der Waals surface area contributed by atoms with E-state index in [0.717, 1.165) is 11.4 Å². The van der Waals surface area contributed by atoms with E-state index in [0.29, 0.717) is 25.2 Å². The van der Waals surface area contributed by atoms with Crippen LogP contribution in [0, 0.1) is 5.92 Å². The van der Waals surface area contributed by atoms with Crippen molar-refractivity contribution in [1.82, 2.24) is 4.90 Å². The lowest BCUT2D eigenvalue weighted by Crippen LogP contribution is -2.45. The van der Waals surface area contributed by atoms with Crippen molar-refractivity contribution in [2.24, 2.45) is 11.1 Å². The first kappa shape index (κ1) is 19.3. The first-order valence-corrected chi connectivity index (χ1v) is 10.8. The van der Waals surface area contributed by atoms with Gasteiger partial charge in [-0.25, -0.2) is 18.4 Å². The molecular weight excluding hydrogens is 388 g/mol. The smallest absolute Gasteiger partial charge is 0.322 e. The van der Waals surface area contributed by atoms with E-state index < -0.39 is 10.0 Å². The van der Waals surface area contributed by atoms with Gasteiger partial charge in [0.15, 0.2) is 0 Å². The molecule has 1 saturated heterocycles. The van der Waals surface area contributed by atoms with E-state index in [1.165, 1.54) is 35.6 Å². The summed E-state index contributed by atoms with van der Waals surface area (Å²) < 4.78 is 22.6. The molecular formula is C17H20N4O4S2. The van der Waals surface area contributed by atoms with E-state index >= 15 is 0 Å². The first-order chi connectivity index (χ1) is 12.8. The number of carbonyl (C=O) groups is 2. The quantitative estimate of drug-likeness (QED) is 0.718. The number of amides is 3. The van der Waals surface area contributed by atoms with Gasteiger partial charge in [-0.15, -0.1) is 11.3 Å². The van der Waals surface area contributed by atoms with E-state index in [-0.39, 0.29) is 22.8 Å². The van der Waals surface area contributed by atoms with Crippen molar-refractivity contribution >= 4 is 44.0 Å². The summed E-state index contributed by atoms with van der Waals surface area (Å²) in [7, 11) is -3.77. The molecule has 4 N–H and O–H groups in total. The minimum atomic E-state index is -3.77. The summed E-state index contributed by atoms with van der Waals surface area (Å²) in [5.74, 6) is -0.530. The molecule has 3 amide bonds. The zero-order valence-electron chi connectivity index (χ0n) is 14.4. The molecule has 10 heteroatoms. The molecule has 0 aliphatic carbocycles. The number of anilines is 2. The molecule has 144 valence electrons. The molecule has 3 rings (SSSR count). The summed E-state index contributed by atoms with van der Waals surface area (Å²) in [5, 5.41) is 13.3. The number of carbonyl (C=O) groups excluding carboxylic acids is 2. The topological polar surface area (TPSA) is 122 Å². The monoisotopic (exact) mass is 408 g/mol. The Labute approximate surface area is 161 Å². The Morgan fingerprint density at radius 3 is 2.52 bits per heavy atom. The fourth-order valence-electron chi connectivity index (χ4n) is 2.88. The third-order valence-corrected chi connectivity index (χ3v) is 6.00. The Hall–Kier alpha value is -2.43. The van der Waals surface area contributed by atoms with Crippen molar-refractivity contribution < 1.29 is 18.0 Å². The molecule has 0 saturated carbocycles.